The first-order chi connectivity index (χ1) is 8.36. The van der Waals surface area contributed by atoms with Gasteiger partial charge < -0.3 is 18.9 Å². The molecule has 2 rings (SSSR count). The average Bonchev–Trinajstić information content (AvgIpc) is 2.80. The number of ketones is 1. The van der Waals surface area contributed by atoms with Gasteiger partial charge in [-0.2, -0.15) is 4.89 Å². The molecule has 0 amide bonds. The number of methoxy groups -OCH3 is 1. The van der Waals surface area contributed by atoms with Gasteiger partial charge in [0.05, 0.1) is 6.61 Å². The molecule has 0 radical (unpaired) electrons. The summed E-state index contributed by atoms with van der Waals surface area (Å²) in [6, 6.07) is 0. The van der Waals surface area contributed by atoms with E-state index >= 15 is 0 Å². The maximum Gasteiger partial charge on any atom is 0.381 e. The van der Waals surface area contributed by atoms with Crippen molar-refractivity contribution in [2.45, 2.75) is 37.6 Å². The highest BCUT2D eigenvalue weighted by atomic mass is 17.2. The summed E-state index contributed by atoms with van der Waals surface area (Å²) in [5, 5.41) is 8.89. The zero-order chi connectivity index (χ0) is 13.6. The van der Waals surface area contributed by atoms with Crippen LogP contribution in [0.25, 0.3) is 0 Å². The Labute approximate surface area is 103 Å². The van der Waals surface area contributed by atoms with Crippen LogP contribution in [0.3, 0.4) is 0 Å². The lowest BCUT2D eigenvalue weighted by atomic mass is 10.0. The molecular weight excluding hydrogens is 248 g/mol. The molecule has 0 spiro atoms. The average molecular weight is 262 g/mol. The van der Waals surface area contributed by atoms with Gasteiger partial charge in [0.2, 0.25) is 0 Å². The predicted octanol–water partition coefficient (Wildman–Crippen LogP) is -0.535. The van der Waals surface area contributed by atoms with E-state index in [2.05, 4.69) is 4.89 Å². The Balaban J connectivity index is 2.27. The monoisotopic (exact) mass is 262 g/mol. The fraction of sp³-hybridized carbons (Fsp3) is 0.800. The van der Waals surface area contributed by atoms with Crippen LogP contribution in [0.4, 0.5) is 0 Å². The number of hydrogen-bond donors (Lipinski definition) is 1. The highest BCUT2D eigenvalue weighted by Crippen LogP contribution is 2.36. The largest absolute Gasteiger partial charge is 0.447 e. The molecule has 2 fully saturated rings. The standard InChI is InChI=1S/C10H14O8/c1-9(2)15-4-5(17-9)7-10(14-3,18-13)6(11)8(12)16-7/h5,7,13H,4H2,1-3H3. The molecule has 0 bridgehead atoms. The molecule has 3 atom stereocenters. The number of ether oxygens (including phenoxy) is 4. The van der Waals surface area contributed by atoms with Crippen LogP contribution in [-0.2, 0) is 33.4 Å². The lowest BCUT2D eigenvalue weighted by Gasteiger charge is -2.29. The second-order valence-corrected chi connectivity index (χ2v) is 4.49. The van der Waals surface area contributed by atoms with Crippen molar-refractivity contribution in [3.8, 4) is 0 Å². The van der Waals surface area contributed by atoms with E-state index in [-0.39, 0.29) is 6.61 Å². The second-order valence-electron chi connectivity index (χ2n) is 4.49. The molecule has 0 saturated carbocycles. The lowest BCUT2D eigenvalue weighted by molar-refractivity contribution is -0.397. The van der Waals surface area contributed by atoms with Crippen LogP contribution < -0.4 is 0 Å². The number of carbonyl (C=O) groups is 2. The fourth-order valence-corrected chi connectivity index (χ4v) is 2.04. The fourth-order valence-electron chi connectivity index (χ4n) is 2.04. The molecule has 2 aliphatic rings. The summed E-state index contributed by atoms with van der Waals surface area (Å²) in [5.74, 6) is -5.35. The molecule has 18 heavy (non-hydrogen) atoms. The van der Waals surface area contributed by atoms with Crippen LogP contribution in [0.5, 0.6) is 0 Å². The number of cyclic esters (lactones) is 1. The van der Waals surface area contributed by atoms with E-state index < -0.39 is 35.5 Å². The Morgan fingerprint density at radius 2 is 2.06 bits per heavy atom. The van der Waals surface area contributed by atoms with Crippen molar-refractivity contribution >= 4 is 11.8 Å². The second kappa shape index (κ2) is 4.25. The maximum absolute atomic E-state index is 11.6. The maximum atomic E-state index is 11.6. The third kappa shape index (κ3) is 1.82. The first-order valence-corrected chi connectivity index (χ1v) is 5.31. The summed E-state index contributed by atoms with van der Waals surface area (Å²) in [4.78, 5) is 27.0. The Kier molecular flexibility index (Phi) is 3.16. The highest BCUT2D eigenvalue weighted by molar-refractivity contribution is 6.38. The first-order valence-electron chi connectivity index (χ1n) is 5.31. The van der Waals surface area contributed by atoms with Gasteiger partial charge in [0.1, 0.15) is 6.10 Å². The van der Waals surface area contributed by atoms with Crippen molar-refractivity contribution < 1.29 is 38.7 Å². The lowest BCUT2D eigenvalue weighted by Crippen LogP contribution is -2.54. The summed E-state index contributed by atoms with van der Waals surface area (Å²) in [6.45, 7) is 3.41. The third-order valence-corrected chi connectivity index (χ3v) is 2.92. The zero-order valence-electron chi connectivity index (χ0n) is 10.2. The SMILES string of the molecule is COC1(OO)C(=O)C(=O)OC1C1COC(C)(C)O1. The van der Waals surface area contributed by atoms with Gasteiger partial charge in [0, 0.05) is 7.11 Å². The van der Waals surface area contributed by atoms with Crippen LogP contribution in [0.2, 0.25) is 0 Å². The molecule has 1 N–H and O–H groups in total. The number of carbonyl (C=O) groups excluding carboxylic acids is 2. The van der Waals surface area contributed by atoms with E-state index in [0.717, 1.165) is 7.11 Å². The molecule has 8 heteroatoms. The first kappa shape index (κ1) is 13.4. The summed E-state index contributed by atoms with van der Waals surface area (Å²) >= 11 is 0. The number of rotatable bonds is 3. The van der Waals surface area contributed by atoms with Gasteiger partial charge in [-0.05, 0) is 13.8 Å². The van der Waals surface area contributed by atoms with Crippen molar-refractivity contribution in [3.05, 3.63) is 0 Å². The Bertz CT molecular complexity index is 372. The van der Waals surface area contributed by atoms with Gasteiger partial charge in [-0.15, -0.1) is 0 Å². The number of Topliss-reactive ketones (excluding diaryl/α,β-unsaturated/α-hetero) is 1. The van der Waals surface area contributed by atoms with E-state index in [1.165, 1.54) is 0 Å². The molecule has 0 aromatic carbocycles. The molecule has 2 heterocycles. The molecule has 0 aromatic heterocycles. The van der Waals surface area contributed by atoms with Crippen LogP contribution in [0, 0.1) is 0 Å². The quantitative estimate of drug-likeness (QED) is 0.238. The summed E-state index contributed by atoms with van der Waals surface area (Å²) in [6.07, 6.45) is -2.00. The third-order valence-electron chi connectivity index (χ3n) is 2.92. The summed E-state index contributed by atoms with van der Waals surface area (Å²) in [7, 11) is 1.12. The smallest absolute Gasteiger partial charge is 0.381 e. The summed E-state index contributed by atoms with van der Waals surface area (Å²) < 4.78 is 20.4. The van der Waals surface area contributed by atoms with Crippen LogP contribution in [0.1, 0.15) is 13.8 Å². The molecular formula is C10H14O8. The van der Waals surface area contributed by atoms with Crippen LogP contribution in [0.15, 0.2) is 0 Å². The molecule has 2 aliphatic heterocycles. The van der Waals surface area contributed by atoms with Gasteiger partial charge in [-0.3, -0.25) is 4.79 Å². The van der Waals surface area contributed by atoms with Crippen LogP contribution >= 0.6 is 0 Å². The van der Waals surface area contributed by atoms with Gasteiger partial charge in [0.15, 0.2) is 11.9 Å². The highest BCUT2D eigenvalue weighted by Gasteiger charge is 2.65. The Morgan fingerprint density at radius 1 is 1.39 bits per heavy atom. The van der Waals surface area contributed by atoms with E-state index in [1.807, 2.05) is 0 Å². The Morgan fingerprint density at radius 3 is 2.50 bits per heavy atom. The van der Waals surface area contributed by atoms with E-state index in [4.69, 9.17) is 24.2 Å². The van der Waals surface area contributed by atoms with Gasteiger partial charge in [0.25, 0.3) is 0 Å². The molecule has 0 aliphatic carbocycles. The summed E-state index contributed by atoms with van der Waals surface area (Å²) in [5.41, 5.74) is 0. The number of esters is 1. The van der Waals surface area contributed by atoms with E-state index in [0.29, 0.717) is 0 Å². The van der Waals surface area contributed by atoms with Crippen molar-refractivity contribution in [2.75, 3.05) is 13.7 Å². The van der Waals surface area contributed by atoms with E-state index in [1.54, 1.807) is 13.8 Å². The molecule has 8 nitrogen and oxygen atoms in total. The zero-order valence-corrected chi connectivity index (χ0v) is 10.2. The Hall–Kier alpha value is -1.06. The van der Waals surface area contributed by atoms with Crippen LogP contribution in [-0.4, -0.2) is 54.5 Å². The van der Waals surface area contributed by atoms with Crippen molar-refractivity contribution in [1.29, 1.82) is 0 Å². The molecule has 102 valence electrons. The normalized spacial score (nSPS) is 39.1. The minimum Gasteiger partial charge on any atom is -0.447 e. The molecule has 2 saturated heterocycles. The van der Waals surface area contributed by atoms with E-state index in [9.17, 15) is 9.59 Å². The van der Waals surface area contributed by atoms with Gasteiger partial charge in [-0.25, -0.2) is 10.1 Å². The minimum atomic E-state index is -2.20. The van der Waals surface area contributed by atoms with Crippen molar-refractivity contribution in [3.63, 3.8) is 0 Å². The topological polar surface area (TPSA) is 101 Å². The molecule has 0 aromatic rings. The number of hydrogen-bond acceptors (Lipinski definition) is 8. The van der Waals surface area contributed by atoms with Crippen molar-refractivity contribution in [1.82, 2.24) is 0 Å². The minimum absolute atomic E-state index is 0.0761. The van der Waals surface area contributed by atoms with Gasteiger partial charge >= 0.3 is 17.5 Å². The predicted molar refractivity (Wildman–Crippen MR) is 53.2 cm³/mol. The van der Waals surface area contributed by atoms with Crippen molar-refractivity contribution in [2.24, 2.45) is 0 Å². The molecule has 3 unspecified atom stereocenters. The van der Waals surface area contributed by atoms with Gasteiger partial charge in [-0.1, -0.05) is 0 Å².